The highest BCUT2D eigenvalue weighted by Gasteiger charge is 2.34. The molecule has 2 aromatic carbocycles. The standard InChI is InChI=1S/C26H33ClN2O4/c1-18(2)32-23-8-9-25(27)20(15-23)14-19-10-12-28(13-11-19)16-24-17-29(26(30)33-24)21-4-6-22(31-3)7-5-21/h4-9,15,18-19,24H,10-14,16-17H2,1-3H3. The second kappa shape index (κ2) is 10.7. The van der Waals surface area contributed by atoms with Crippen LogP contribution in [-0.4, -0.2) is 56.5 Å². The fourth-order valence-corrected chi connectivity index (χ4v) is 4.81. The minimum Gasteiger partial charge on any atom is -0.497 e. The van der Waals surface area contributed by atoms with E-state index in [9.17, 15) is 4.79 Å². The summed E-state index contributed by atoms with van der Waals surface area (Å²) in [6.45, 7) is 7.40. The molecule has 4 rings (SSSR count). The second-order valence-electron chi connectivity index (χ2n) is 9.18. The summed E-state index contributed by atoms with van der Waals surface area (Å²) in [5, 5.41) is 0.810. The molecule has 33 heavy (non-hydrogen) atoms. The number of likely N-dealkylation sites (tertiary alicyclic amines) is 1. The first kappa shape index (κ1) is 23.7. The lowest BCUT2D eigenvalue weighted by atomic mass is 9.90. The fraction of sp³-hybridized carbons (Fsp3) is 0.500. The lowest BCUT2D eigenvalue weighted by Gasteiger charge is -2.33. The van der Waals surface area contributed by atoms with Gasteiger partial charge in [0, 0.05) is 17.3 Å². The molecule has 178 valence electrons. The molecule has 0 bridgehead atoms. The lowest BCUT2D eigenvalue weighted by Crippen LogP contribution is -2.40. The Morgan fingerprint density at radius 2 is 1.79 bits per heavy atom. The molecule has 2 saturated heterocycles. The average Bonchev–Trinajstić information content (AvgIpc) is 3.17. The molecule has 2 aromatic rings. The summed E-state index contributed by atoms with van der Waals surface area (Å²) in [4.78, 5) is 16.5. The number of cyclic esters (lactones) is 1. The Hall–Kier alpha value is -2.44. The molecule has 0 saturated carbocycles. The Balaban J connectivity index is 1.26. The molecule has 2 fully saturated rings. The van der Waals surface area contributed by atoms with Gasteiger partial charge in [0.05, 0.1) is 19.8 Å². The quantitative estimate of drug-likeness (QED) is 0.513. The number of halogens is 1. The van der Waals surface area contributed by atoms with Crippen molar-refractivity contribution < 1.29 is 19.0 Å². The molecule has 2 aliphatic heterocycles. The predicted molar refractivity (Wildman–Crippen MR) is 131 cm³/mol. The van der Waals surface area contributed by atoms with Crippen molar-refractivity contribution in [3.8, 4) is 11.5 Å². The number of anilines is 1. The third kappa shape index (κ3) is 6.12. The van der Waals surface area contributed by atoms with Gasteiger partial charge in [-0.1, -0.05) is 11.6 Å². The van der Waals surface area contributed by atoms with Gasteiger partial charge in [-0.05, 0) is 100 Å². The van der Waals surface area contributed by atoms with Crippen LogP contribution in [0.1, 0.15) is 32.3 Å². The zero-order valence-electron chi connectivity index (χ0n) is 19.6. The maximum Gasteiger partial charge on any atom is 0.414 e. The van der Waals surface area contributed by atoms with Gasteiger partial charge < -0.3 is 14.2 Å². The molecule has 0 N–H and O–H groups in total. The Morgan fingerprint density at radius 3 is 2.45 bits per heavy atom. The van der Waals surface area contributed by atoms with Gasteiger partial charge in [0.2, 0.25) is 0 Å². The van der Waals surface area contributed by atoms with Crippen molar-refractivity contribution in [1.29, 1.82) is 0 Å². The van der Waals surface area contributed by atoms with Crippen molar-refractivity contribution in [2.75, 3.05) is 38.2 Å². The van der Waals surface area contributed by atoms with E-state index in [4.69, 9.17) is 25.8 Å². The number of hydrogen-bond donors (Lipinski definition) is 0. The monoisotopic (exact) mass is 472 g/mol. The van der Waals surface area contributed by atoms with Gasteiger partial charge in [0.25, 0.3) is 0 Å². The van der Waals surface area contributed by atoms with E-state index >= 15 is 0 Å². The summed E-state index contributed by atoms with van der Waals surface area (Å²) in [5.74, 6) is 2.24. The van der Waals surface area contributed by atoms with Crippen molar-refractivity contribution in [3.05, 3.63) is 53.1 Å². The molecule has 2 heterocycles. The molecule has 0 radical (unpaired) electrons. The number of rotatable bonds is 8. The van der Waals surface area contributed by atoms with E-state index in [2.05, 4.69) is 11.0 Å². The highest BCUT2D eigenvalue weighted by atomic mass is 35.5. The van der Waals surface area contributed by atoms with E-state index in [1.165, 1.54) is 0 Å². The van der Waals surface area contributed by atoms with E-state index in [-0.39, 0.29) is 18.3 Å². The van der Waals surface area contributed by atoms with E-state index < -0.39 is 0 Å². The largest absolute Gasteiger partial charge is 0.497 e. The van der Waals surface area contributed by atoms with Crippen molar-refractivity contribution in [1.82, 2.24) is 4.90 Å². The minimum atomic E-state index is -0.279. The van der Waals surface area contributed by atoms with Crippen LogP contribution >= 0.6 is 11.6 Å². The molecule has 2 aliphatic rings. The lowest BCUT2D eigenvalue weighted by molar-refractivity contribution is 0.0914. The number of amides is 1. The molecule has 6 nitrogen and oxygen atoms in total. The summed E-state index contributed by atoms with van der Waals surface area (Å²) >= 11 is 6.46. The third-order valence-electron chi connectivity index (χ3n) is 6.32. The highest BCUT2D eigenvalue weighted by molar-refractivity contribution is 6.31. The van der Waals surface area contributed by atoms with Crippen LogP contribution < -0.4 is 14.4 Å². The number of piperidine rings is 1. The van der Waals surface area contributed by atoms with Gasteiger partial charge >= 0.3 is 6.09 Å². The van der Waals surface area contributed by atoms with Crippen LogP contribution in [0.4, 0.5) is 10.5 Å². The van der Waals surface area contributed by atoms with E-state index in [1.807, 2.05) is 50.2 Å². The SMILES string of the molecule is COc1ccc(N2CC(CN3CCC(Cc4cc(OC(C)C)ccc4Cl)CC3)OC2=O)cc1. The van der Waals surface area contributed by atoms with Crippen LogP contribution in [0.2, 0.25) is 5.02 Å². The van der Waals surface area contributed by atoms with Crippen LogP contribution in [0.3, 0.4) is 0 Å². The van der Waals surface area contributed by atoms with E-state index in [1.54, 1.807) is 12.0 Å². The van der Waals surface area contributed by atoms with Crippen molar-refractivity contribution >= 4 is 23.4 Å². The maximum absolute atomic E-state index is 12.4. The van der Waals surface area contributed by atoms with Gasteiger partial charge in [-0.15, -0.1) is 0 Å². The first-order chi connectivity index (χ1) is 15.9. The highest BCUT2D eigenvalue weighted by Crippen LogP contribution is 2.30. The van der Waals surface area contributed by atoms with Gasteiger partial charge in [-0.25, -0.2) is 4.79 Å². The number of carbonyl (C=O) groups excluding carboxylic acids is 1. The summed E-state index contributed by atoms with van der Waals surface area (Å²) in [7, 11) is 1.63. The molecule has 7 heteroatoms. The van der Waals surface area contributed by atoms with Gasteiger partial charge in [0.15, 0.2) is 0 Å². The first-order valence-corrected chi connectivity index (χ1v) is 12.1. The number of benzene rings is 2. The molecule has 1 amide bonds. The van der Waals surface area contributed by atoms with Crippen molar-refractivity contribution in [3.63, 3.8) is 0 Å². The molecular weight excluding hydrogens is 440 g/mol. The molecule has 0 spiro atoms. The summed E-state index contributed by atoms with van der Waals surface area (Å²) < 4.78 is 16.7. The zero-order valence-corrected chi connectivity index (χ0v) is 20.4. The zero-order chi connectivity index (χ0) is 23.4. The normalized spacial score (nSPS) is 19.7. The van der Waals surface area contributed by atoms with Crippen LogP contribution in [0.5, 0.6) is 11.5 Å². The predicted octanol–water partition coefficient (Wildman–Crippen LogP) is 5.42. The van der Waals surface area contributed by atoms with Gasteiger partial charge in [-0.3, -0.25) is 9.80 Å². The van der Waals surface area contributed by atoms with E-state index in [0.717, 1.165) is 66.7 Å². The van der Waals surface area contributed by atoms with Crippen LogP contribution in [0.25, 0.3) is 0 Å². The second-order valence-corrected chi connectivity index (χ2v) is 9.59. The topological polar surface area (TPSA) is 51.2 Å². The smallest absolute Gasteiger partial charge is 0.414 e. The van der Waals surface area contributed by atoms with Gasteiger partial charge in [0.1, 0.15) is 17.6 Å². The van der Waals surface area contributed by atoms with Crippen molar-refractivity contribution in [2.24, 2.45) is 5.92 Å². The fourth-order valence-electron chi connectivity index (χ4n) is 4.61. The molecule has 0 aromatic heterocycles. The van der Waals surface area contributed by atoms with Crippen LogP contribution in [0.15, 0.2) is 42.5 Å². The van der Waals surface area contributed by atoms with Gasteiger partial charge in [-0.2, -0.15) is 0 Å². The Bertz CT molecular complexity index is 942. The Kier molecular flexibility index (Phi) is 7.66. The van der Waals surface area contributed by atoms with Crippen LogP contribution in [0, 0.1) is 5.92 Å². The van der Waals surface area contributed by atoms with Crippen molar-refractivity contribution in [2.45, 2.75) is 45.3 Å². The maximum atomic E-state index is 12.4. The summed E-state index contributed by atoms with van der Waals surface area (Å²) in [6.07, 6.45) is 2.93. The summed E-state index contributed by atoms with van der Waals surface area (Å²) in [5.41, 5.74) is 2.00. The van der Waals surface area contributed by atoms with Crippen LogP contribution in [-0.2, 0) is 11.2 Å². The molecular formula is C26H33ClN2O4. The van der Waals surface area contributed by atoms with E-state index in [0.29, 0.717) is 12.5 Å². The minimum absolute atomic E-state index is 0.115. The number of methoxy groups -OCH3 is 1. The molecule has 1 atom stereocenters. The first-order valence-electron chi connectivity index (χ1n) is 11.7. The molecule has 0 aliphatic carbocycles. The summed E-state index contributed by atoms with van der Waals surface area (Å²) in [6, 6.07) is 13.5. The molecule has 1 unspecified atom stereocenters. The average molecular weight is 473 g/mol. The Labute approximate surface area is 201 Å². The number of hydrogen-bond acceptors (Lipinski definition) is 5. The Morgan fingerprint density at radius 1 is 1.09 bits per heavy atom. The number of ether oxygens (including phenoxy) is 3. The third-order valence-corrected chi connectivity index (χ3v) is 6.69. The number of carbonyl (C=O) groups is 1. The number of nitrogens with zero attached hydrogens (tertiary/aromatic N) is 2.